The number of nitriles is 1. The van der Waals surface area contributed by atoms with Crippen molar-refractivity contribution in [2.75, 3.05) is 0 Å². The maximum Gasteiger partial charge on any atom is 0.101 e. The molecule has 1 aromatic carbocycles. The Bertz CT molecular complexity index is 344. The first-order chi connectivity index (χ1) is 5.70. The molecule has 12 heavy (non-hydrogen) atoms. The quantitative estimate of drug-likeness (QED) is 0.826. The summed E-state index contributed by atoms with van der Waals surface area (Å²) in [5.41, 5.74) is 6.68. The first kappa shape index (κ1) is 9.53. The minimum Gasteiger partial charge on any atom is -0.326 e. The molecule has 0 radical (unpaired) electrons. The van der Waals surface area contributed by atoms with E-state index in [2.05, 4.69) is 15.9 Å². The largest absolute Gasteiger partial charge is 0.326 e. The molecule has 0 aliphatic heterocycles. The Morgan fingerprint density at radius 1 is 1.58 bits per heavy atom. The number of hydrogen-bond acceptors (Lipinski definition) is 2. The fourth-order valence-corrected chi connectivity index (χ4v) is 1.76. The predicted octanol–water partition coefficient (Wildman–Crippen LogP) is 2.43. The van der Waals surface area contributed by atoms with Gasteiger partial charge in [-0.2, -0.15) is 5.26 Å². The zero-order chi connectivity index (χ0) is 9.14. The number of hydrogen-bond donors (Lipinski definition) is 1. The van der Waals surface area contributed by atoms with Crippen LogP contribution in [0.2, 0.25) is 5.02 Å². The SMILES string of the molecule is N#Cc1ccc(Br)c(CN)c1Cl. The highest BCUT2D eigenvalue weighted by Crippen LogP contribution is 2.27. The van der Waals surface area contributed by atoms with Crippen molar-refractivity contribution in [2.24, 2.45) is 5.73 Å². The molecule has 0 atom stereocenters. The molecule has 62 valence electrons. The third-order valence-electron chi connectivity index (χ3n) is 1.51. The summed E-state index contributed by atoms with van der Waals surface area (Å²) in [6.45, 7) is 0.328. The van der Waals surface area contributed by atoms with Crippen molar-refractivity contribution in [3.63, 3.8) is 0 Å². The van der Waals surface area contributed by atoms with E-state index >= 15 is 0 Å². The standard InChI is InChI=1S/C8H6BrClN2/c9-7-2-1-5(3-11)8(10)6(7)4-12/h1-2H,4,12H2. The molecule has 2 nitrogen and oxygen atoms in total. The lowest BCUT2D eigenvalue weighted by atomic mass is 10.1. The van der Waals surface area contributed by atoms with Crippen molar-refractivity contribution >= 4 is 27.5 Å². The van der Waals surface area contributed by atoms with Crippen LogP contribution in [-0.2, 0) is 6.54 Å². The van der Waals surface area contributed by atoms with E-state index in [0.717, 1.165) is 10.0 Å². The lowest BCUT2D eigenvalue weighted by molar-refractivity contribution is 1.06. The maximum absolute atomic E-state index is 8.64. The van der Waals surface area contributed by atoms with Gasteiger partial charge in [-0.1, -0.05) is 27.5 Å². The van der Waals surface area contributed by atoms with Gasteiger partial charge in [-0.3, -0.25) is 0 Å². The van der Waals surface area contributed by atoms with Gasteiger partial charge in [-0.25, -0.2) is 0 Å². The van der Waals surface area contributed by atoms with Crippen LogP contribution >= 0.6 is 27.5 Å². The van der Waals surface area contributed by atoms with Gasteiger partial charge in [0.1, 0.15) is 6.07 Å². The van der Waals surface area contributed by atoms with Gasteiger partial charge in [0.15, 0.2) is 0 Å². The summed E-state index contributed by atoms with van der Waals surface area (Å²) in [6.07, 6.45) is 0. The molecule has 0 unspecified atom stereocenters. The van der Waals surface area contributed by atoms with E-state index in [4.69, 9.17) is 22.6 Å². The Morgan fingerprint density at radius 2 is 2.25 bits per heavy atom. The highest BCUT2D eigenvalue weighted by atomic mass is 79.9. The van der Waals surface area contributed by atoms with Crippen molar-refractivity contribution in [1.29, 1.82) is 5.26 Å². The van der Waals surface area contributed by atoms with Crippen LogP contribution in [0.4, 0.5) is 0 Å². The van der Waals surface area contributed by atoms with Crippen LogP contribution in [0.3, 0.4) is 0 Å². The Kier molecular flexibility index (Phi) is 3.10. The Balaban J connectivity index is 3.36. The van der Waals surface area contributed by atoms with Crippen LogP contribution in [0.1, 0.15) is 11.1 Å². The van der Waals surface area contributed by atoms with Crippen LogP contribution in [0.5, 0.6) is 0 Å². The molecule has 0 spiro atoms. The highest BCUT2D eigenvalue weighted by molar-refractivity contribution is 9.10. The molecule has 4 heteroatoms. The Morgan fingerprint density at radius 3 is 2.75 bits per heavy atom. The summed E-state index contributed by atoms with van der Waals surface area (Å²) in [7, 11) is 0. The third kappa shape index (κ3) is 1.61. The van der Waals surface area contributed by atoms with Gasteiger partial charge in [0.2, 0.25) is 0 Å². The molecular formula is C8H6BrClN2. The van der Waals surface area contributed by atoms with Crippen LogP contribution < -0.4 is 5.73 Å². The fraction of sp³-hybridized carbons (Fsp3) is 0.125. The summed E-state index contributed by atoms with van der Waals surface area (Å²) < 4.78 is 0.842. The average Bonchev–Trinajstić information content (AvgIpc) is 2.06. The summed E-state index contributed by atoms with van der Waals surface area (Å²) in [5.74, 6) is 0. The molecule has 0 saturated heterocycles. The van der Waals surface area contributed by atoms with E-state index < -0.39 is 0 Å². The van der Waals surface area contributed by atoms with Crippen LogP contribution in [-0.4, -0.2) is 0 Å². The zero-order valence-electron chi connectivity index (χ0n) is 6.14. The first-order valence-electron chi connectivity index (χ1n) is 3.27. The minimum atomic E-state index is 0.328. The van der Waals surface area contributed by atoms with E-state index in [0.29, 0.717) is 17.1 Å². The lowest BCUT2D eigenvalue weighted by Crippen LogP contribution is -1.99. The van der Waals surface area contributed by atoms with E-state index in [-0.39, 0.29) is 0 Å². The second kappa shape index (κ2) is 3.90. The average molecular weight is 246 g/mol. The Labute approximate surface area is 84.1 Å². The molecule has 0 aliphatic carbocycles. The van der Waals surface area contributed by atoms with Crippen molar-refractivity contribution < 1.29 is 0 Å². The molecule has 2 N–H and O–H groups in total. The second-order valence-corrected chi connectivity index (χ2v) is 3.44. The zero-order valence-corrected chi connectivity index (χ0v) is 8.48. The van der Waals surface area contributed by atoms with Crippen LogP contribution in [0.25, 0.3) is 0 Å². The number of rotatable bonds is 1. The molecule has 1 aromatic rings. The van der Waals surface area contributed by atoms with Crippen LogP contribution in [0, 0.1) is 11.3 Å². The predicted molar refractivity (Wildman–Crippen MR) is 51.8 cm³/mol. The van der Waals surface area contributed by atoms with Gasteiger partial charge in [0.05, 0.1) is 10.6 Å². The number of nitrogens with zero attached hydrogens (tertiary/aromatic N) is 1. The number of nitrogens with two attached hydrogens (primary N) is 1. The van der Waals surface area contributed by atoms with Crippen molar-refractivity contribution in [2.45, 2.75) is 6.54 Å². The molecule has 0 fully saturated rings. The van der Waals surface area contributed by atoms with E-state index in [9.17, 15) is 0 Å². The number of halogens is 2. The molecule has 0 aromatic heterocycles. The van der Waals surface area contributed by atoms with Crippen LogP contribution in [0.15, 0.2) is 16.6 Å². The maximum atomic E-state index is 8.64. The molecule has 1 rings (SSSR count). The van der Waals surface area contributed by atoms with Crippen molar-refractivity contribution in [3.05, 3.63) is 32.8 Å². The first-order valence-corrected chi connectivity index (χ1v) is 4.45. The third-order valence-corrected chi connectivity index (χ3v) is 2.69. The molecule has 0 bridgehead atoms. The summed E-state index contributed by atoms with van der Waals surface area (Å²) in [4.78, 5) is 0. The van der Waals surface area contributed by atoms with Crippen molar-refractivity contribution in [1.82, 2.24) is 0 Å². The number of benzene rings is 1. The van der Waals surface area contributed by atoms with Gasteiger partial charge >= 0.3 is 0 Å². The summed E-state index contributed by atoms with van der Waals surface area (Å²) >= 11 is 9.18. The van der Waals surface area contributed by atoms with Gasteiger partial charge < -0.3 is 5.73 Å². The summed E-state index contributed by atoms with van der Waals surface area (Å²) in [6, 6.07) is 5.42. The molecule has 0 aliphatic rings. The fourth-order valence-electron chi connectivity index (χ4n) is 0.871. The Hall–Kier alpha value is -0.560. The van der Waals surface area contributed by atoms with E-state index in [1.165, 1.54) is 0 Å². The molecular weight excluding hydrogens is 239 g/mol. The van der Waals surface area contributed by atoms with Gasteiger partial charge in [0, 0.05) is 11.0 Å². The molecule has 0 amide bonds. The minimum absolute atomic E-state index is 0.328. The monoisotopic (exact) mass is 244 g/mol. The van der Waals surface area contributed by atoms with E-state index in [1.807, 2.05) is 6.07 Å². The van der Waals surface area contributed by atoms with E-state index in [1.54, 1.807) is 12.1 Å². The molecule has 0 heterocycles. The smallest absolute Gasteiger partial charge is 0.101 e. The highest BCUT2D eigenvalue weighted by Gasteiger charge is 2.07. The second-order valence-electron chi connectivity index (χ2n) is 2.20. The topological polar surface area (TPSA) is 49.8 Å². The normalized spacial score (nSPS) is 9.50. The lowest BCUT2D eigenvalue weighted by Gasteiger charge is -2.04. The van der Waals surface area contributed by atoms with Gasteiger partial charge in [-0.05, 0) is 17.7 Å². The summed E-state index contributed by atoms with van der Waals surface area (Å²) in [5, 5.41) is 9.08. The molecule has 0 saturated carbocycles. The van der Waals surface area contributed by atoms with Gasteiger partial charge in [0.25, 0.3) is 0 Å². The van der Waals surface area contributed by atoms with Gasteiger partial charge in [-0.15, -0.1) is 0 Å². The van der Waals surface area contributed by atoms with Crippen molar-refractivity contribution in [3.8, 4) is 6.07 Å².